The molecule has 3 aromatic carbocycles. The lowest BCUT2D eigenvalue weighted by Gasteiger charge is -2.48. The number of likely N-dealkylation sites (tertiary alicyclic amines) is 1. The predicted octanol–water partition coefficient (Wildman–Crippen LogP) is 6.46. The van der Waals surface area contributed by atoms with E-state index < -0.39 is 23.5 Å². The van der Waals surface area contributed by atoms with Crippen LogP contribution in [0.4, 0.5) is 43.4 Å². The van der Waals surface area contributed by atoms with Gasteiger partial charge in [-0.2, -0.15) is 26.3 Å². The summed E-state index contributed by atoms with van der Waals surface area (Å²) in [6.07, 6.45) is -7.29. The SMILES string of the molecule is O=C(c1ccc2c(c1)CCCN2c1cccc(C(F)(F)F)c1)N1CC(N2CCN(c3cccc(C(F)(F)F)c3)CC2)C1. The highest BCUT2D eigenvalue weighted by atomic mass is 19.4. The van der Waals surface area contributed by atoms with Crippen LogP contribution in [0.5, 0.6) is 0 Å². The molecule has 0 aromatic heterocycles. The summed E-state index contributed by atoms with van der Waals surface area (Å²) in [6, 6.07) is 16.3. The molecule has 3 aromatic rings. The van der Waals surface area contributed by atoms with Crippen LogP contribution >= 0.6 is 0 Å². The molecule has 3 aliphatic rings. The predicted molar refractivity (Wildman–Crippen MR) is 148 cm³/mol. The van der Waals surface area contributed by atoms with Crippen molar-refractivity contribution in [2.24, 2.45) is 0 Å². The van der Waals surface area contributed by atoms with Gasteiger partial charge in [0.15, 0.2) is 0 Å². The molecule has 0 N–H and O–H groups in total. The number of carbonyl (C=O) groups excluding carboxylic acids is 1. The third kappa shape index (κ3) is 5.66. The Balaban J connectivity index is 1.06. The first-order valence-electron chi connectivity index (χ1n) is 14.0. The summed E-state index contributed by atoms with van der Waals surface area (Å²) >= 11 is 0. The molecule has 2 saturated heterocycles. The lowest BCUT2D eigenvalue weighted by Crippen LogP contribution is -2.64. The zero-order valence-corrected chi connectivity index (χ0v) is 22.8. The molecule has 0 unspecified atom stereocenters. The minimum Gasteiger partial charge on any atom is -0.369 e. The monoisotopic (exact) mass is 588 g/mol. The van der Waals surface area contributed by atoms with E-state index >= 15 is 0 Å². The Morgan fingerprint density at radius 3 is 1.98 bits per heavy atom. The lowest BCUT2D eigenvalue weighted by atomic mass is 9.96. The van der Waals surface area contributed by atoms with Crippen molar-refractivity contribution < 1.29 is 31.1 Å². The summed E-state index contributed by atoms with van der Waals surface area (Å²) < 4.78 is 79.1. The number of anilines is 3. The topological polar surface area (TPSA) is 30.0 Å². The summed E-state index contributed by atoms with van der Waals surface area (Å²) in [5.41, 5.74) is 2.01. The number of halogens is 6. The molecule has 5 nitrogen and oxygen atoms in total. The second kappa shape index (κ2) is 10.8. The van der Waals surface area contributed by atoms with Crippen molar-refractivity contribution in [1.82, 2.24) is 9.80 Å². The van der Waals surface area contributed by atoms with Gasteiger partial charge in [-0.1, -0.05) is 12.1 Å². The fourth-order valence-electron chi connectivity index (χ4n) is 6.11. The van der Waals surface area contributed by atoms with E-state index in [9.17, 15) is 31.1 Å². The minimum atomic E-state index is -4.42. The quantitative estimate of drug-likeness (QED) is 0.328. The first kappa shape index (κ1) is 28.4. The second-order valence-corrected chi connectivity index (χ2v) is 11.1. The van der Waals surface area contributed by atoms with Crippen LogP contribution in [-0.4, -0.2) is 67.6 Å². The van der Waals surface area contributed by atoms with Gasteiger partial charge in [0, 0.05) is 74.5 Å². The Morgan fingerprint density at radius 2 is 1.33 bits per heavy atom. The van der Waals surface area contributed by atoms with Crippen LogP contribution in [0.2, 0.25) is 0 Å². The second-order valence-electron chi connectivity index (χ2n) is 11.1. The average molecular weight is 589 g/mol. The van der Waals surface area contributed by atoms with Gasteiger partial charge in [0.2, 0.25) is 0 Å². The van der Waals surface area contributed by atoms with Crippen LogP contribution < -0.4 is 9.80 Å². The van der Waals surface area contributed by atoms with Crippen LogP contribution in [-0.2, 0) is 18.8 Å². The molecule has 0 atom stereocenters. The maximum atomic E-state index is 13.3. The van der Waals surface area contributed by atoms with Gasteiger partial charge in [-0.05, 0) is 73.0 Å². The number of rotatable bonds is 4. The molecule has 0 spiro atoms. The lowest BCUT2D eigenvalue weighted by molar-refractivity contribution is -0.138. The summed E-state index contributed by atoms with van der Waals surface area (Å²) in [5.74, 6) is -0.0761. The maximum absolute atomic E-state index is 13.3. The van der Waals surface area contributed by atoms with Gasteiger partial charge in [-0.25, -0.2) is 0 Å². The van der Waals surface area contributed by atoms with Gasteiger partial charge < -0.3 is 14.7 Å². The van der Waals surface area contributed by atoms with Crippen LogP contribution in [0.1, 0.15) is 33.5 Å². The fraction of sp³-hybridized carbons (Fsp3) is 0.387. The van der Waals surface area contributed by atoms with E-state index in [0.29, 0.717) is 62.8 Å². The molecule has 0 radical (unpaired) electrons. The number of benzene rings is 3. The third-order valence-corrected chi connectivity index (χ3v) is 8.45. The molecule has 1 amide bonds. The normalized spacial score (nSPS) is 18.6. The Bertz CT molecular complexity index is 1460. The Kier molecular flexibility index (Phi) is 7.32. The fourth-order valence-corrected chi connectivity index (χ4v) is 6.11. The number of piperazine rings is 1. The standard InChI is InChI=1S/C31H30F6N4O/c32-30(33,34)23-5-1-7-25(17-23)38-12-14-39(15-13-38)27-19-40(20-27)29(42)22-9-10-28-21(16-22)4-3-11-41(28)26-8-2-6-24(18-26)31(35,36)37/h1-2,5-10,16-18,27H,3-4,11-15,19-20H2. The van der Waals surface area contributed by atoms with Crippen LogP contribution in [0, 0.1) is 0 Å². The van der Waals surface area contributed by atoms with Crippen molar-refractivity contribution in [3.63, 3.8) is 0 Å². The van der Waals surface area contributed by atoms with E-state index in [1.54, 1.807) is 23.1 Å². The van der Waals surface area contributed by atoms with E-state index in [0.717, 1.165) is 42.3 Å². The number of hydrogen-bond donors (Lipinski definition) is 0. The van der Waals surface area contributed by atoms with Gasteiger partial charge >= 0.3 is 12.4 Å². The van der Waals surface area contributed by atoms with Gasteiger partial charge in [-0.15, -0.1) is 0 Å². The number of amides is 1. The molecular weight excluding hydrogens is 558 g/mol. The van der Waals surface area contributed by atoms with Crippen molar-refractivity contribution >= 4 is 23.0 Å². The molecule has 0 saturated carbocycles. The number of hydrogen-bond acceptors (Lipinski definition) is 4. The molecule has 222 valence electrons. The largest absolute Gasteiger partial charge is 0.416 e. The number of aryl methyl sites for hydroxylation is 1. The highest BCUT2D eigenvalue weighted by Gasteiger charge is 2.37. The number of alkyl halides is 6. The molecule has 11 heteroatoms. The number of carbonyl (C=O) groups is 1. The first-order valence-corrected chi connectivity index (χ1v) is 14.0. The highest BCUT2D eigenvalue weighted by molar-refractivity contribution is 5.95. The van der Waals surface area contributed by atoms with Crippen molar-refractivity contribution in [1.29, 1.82) is 0 Å². The Labute approximate surface area is 239 Å². The van der Waals surface area contributed by atoms with Gasteiger partial charge in [0.25, 0.3) is 5.91 Å². The number of nitrogens with zero attached hydrogens (tertiary/aromatic N) is 4. The average Bonchev–Trinajstić information content (AvgIpc) is 2.95. The molecule has 42 heavy (non-hydrogen) atoms. The van der Waals surface area contributed by atoms with Gasteiger partial charge in [-0.3, -0.25) is 9.69 Å². The first-order chi connectivity index (χ1) is 20.0. The van der Waals surface area contributed by atoms with E-state index in [4.69, 9.17) is 0 Å². The summed E-state index contributed by atoms with van der Waals surface area (Å²) in [7, 11) is 0. The molecule has 0 bridgehead atoms. The molecule has 0 aliphatic carbocycles. The van der Waals surface area contributed by atoms with Crippen molar-refractivity contribution in [3.8, 4) is 0 Å². The minimum absolute atomic E-state index is 0.0761. The summed E-state index contributed by atoms with van der Waals surface area (Å²) in [5, 5.41) is 0. The van der Waals surface area contributed by atoms with Crippen LogP contribution in [0.3, 0.4) is 0 Å². The Hall–Kier alpha value is -3.73. The molecule has 3 heterocycles. The summed E-state index contributed by atoms with van der Waals surface area (Å²) in [6.45, 7) is 4.38. The maximum Gasteiger partial charge on any atom is 0.416 e. The van der Waals surface area contributed by atoms with Gasteiger partial charge in [0.05, 0.1) is 11.1 Å². The molecule has 2 fully saturated rings. The van der Waals surface area contributed by atoms with Crippen LogP contribution in [0.15, 0.2) is 66.7 Å². The van der Waals surface area contributed by atoms with Crippen LogP contribution in [0.25, 0.3) is 0 Å². The number of fused-ring (bicyclic) bond motifs is 1. The highest BCUT2D eigenvalue weighted by Crippen LogP contribution is 2.38. The van der Waals surface area contributed by atoms with Gasteiger partial charge in [0.1, 0.15) is 0 Å². The zero-order valence-electron chi connectivity index (χ0n) is 22.8. The van der Waals surface area contributed by atoms with Crippen molar-refractivity contribution in [2.45, 2.75) is 31.2 Å². The molecule has 6 rings (SSSR count). The summed E-state index contributed by atoms with van der Waals surface area (Å²) in [4.78, 5) is 21.2. The van der Waals surface area contributed by atoms with Crippen molar-refractivity contribution in [2.75, 3.05) is 55.6 Å². The Morgan fingerprint density at radius 1 is 0.714 bits per heavy atom. The van der Waals surface area contributed by atoms with E-state index in [2.05, 4.69) is 4.90 Å². The van der Waals surface area contributed by atoms with E-state index in [-0.39, 0.29) is 11.9 Å². The van der Waals surface area contributed by atoms with Crippen molar-refractivity contribution in [3.05, 3.63) is 89.0 Å². The molecular formula is C31H30F6N4O. The van der Waals surface area contributed by atoms with E-state index in [1.807, 2.05) is 21.9 Å². The smallest absolute Gasteiger partial charge is 0.369 e. The van der Waals surface area contributed by atoms with E-state index in [1.165, 1.54) is 18.2 Å². The zero-order chi connectivity index (χ0) is 29.6. The third-order valence-electron chi connectivity index (χ3n) is 8.45. The molecule has 3 aliphatic heterocycles.